The normalized spacial score (nSPS) is 21.3. The Bertz CT molecular complexity index is 400. The summed E-state index contributed by atoms with van der Waals surface area (Å²) in [5.74, 6) is -0.910. The van der Waals surface area contributed by atoms with Gasteiger partial charge in [-0.05, 0) is 12.5 Å². The molecule has 1 aliphatic rings. The number of ketones is 1. The van der Waals surface area contributed by atoms with Crippen molar-refractivity contribution in [2.75, 3.05) is 6.54 Å². The third kappa shape index (κ3) is 2.13. The molecule has 0 bridgehead atoms. The van der Waals surface area contributed by atoms with Gasteiger partial charge in [-0.2, -0.15) is 0 Å². The van der Waals surface area contributed by atoms with Crippen molar-refractivity contribution in [2.45, 2.75) is 13.0 Å². The van der Waals surface area contributed by atoms with Crippen LogP contribution in [0.1, 0.15) is 12.0 Å². The molecular weight excluding hydrogens is 202 g/mol. The van der Waals surface area contributed by atoms with E-state index in [4.69, 9.17) is 0 Å². The number of likely N-dealkylation sites (tertiary alicyclic amines) is 1. The molecule has 1 aliphatic heterocycles. The summed E-state index contributed by atoms with van der Waals surface area (Å²) in [4.78, 5) is 24.8. The second-order valence-corrected chi connectivity index (χ2v) is 4.01. The van der Waals surface area contributed by atoms with Crippen molar-refractivity contribution in [1.29, 1.82) is 0 Å². The van der Waals surface area contributed by atoms with Crippen LogP contribution in [0.4, 0.5) is 0 Å². The molecule has 0 spiro atoms. The highest BCUT2D eigenvalue weighted by Crippen LogP contribution is 2.16. The SMILES string of the molecule is [CH2]C1C(=O)CCN(Cc2ccccc2)C1=O. The van der Waals surface area contributed by atoms with Crippen LogP contribution in [0.3, 0.4) is 0 Å². The third-order valence-corrected chi connectivity index (χ3v) is 2.84. The molecule has 2 rings (SSSR count). The summed E-state index contributed by atoms with van der Waals surface area (Å²) in [6, 6.07) is 9.77. The Morgan fingerprint density at radius 2 is 1.94 bits per heavy atom. The van der Waals surface area contributed by atoms with Crippen LogP contribution in [0.2, 0.25) is 0 Å². The number of carbonyl (C=O) groups is 2. The van der Waals surface area contributed by atoms with Crippen molar-refractivity contribution in [3.05, 3.63) is 42.8 Å². The van der Waals surface area contributed by atoms with Crippen LogP contribution in [0.5, 0.6) is 0 Å². The molecule has 1 fully saturated rings. The van der Waals surface area contributed by atoms with Crippen LogP contribution < -0.4 is 0 Å². The maximum atomic E-state index is 11.8. The van der Waals surface area contributed by atoms with E-state index in [1.54, 1.807) is 4.90 Å². The number of hydrogen-bond donors (Lipinski definition) is 0. The average molecular weight is 216 g/mol. The molecule has 1 amide bonds. The molecule has 3 nitrogen and oxygen atoms in total. The summed E-state index contributed by atoms with van der Waals surface area (Å²) in [6.45, 7) is 4.69. The molecule has 0 saturated carbocycles. The minimum absolute atomic E-state index is 0.0469. The van der Waals surface area contributed by atoms with Gasteiger partial charge in [0.15, 0.2) is 0 Å². The number of carbonyl (C=O) groups excluding carboxylic acids is 2. The van der Waals surface area contributed by atoms with E-state index in [0.29, 0.717) is 19.5 Å². The summed E-state index contributed by atoms with van der Waals surface area (Å²) in [5, 5.41) is 0. The van der Waals surface area contributed by atoms with Crippen LogP contribution in [-0.2, 0) is 16.1 Å². The Hall–Kier alpha value is -1.64. The van der Waals surface area contributed by atoms with Crippen LogP contribution in [0.25, 0.3) is 0 Å². The quantitative estimate of drug-likeness (QED) is 0.701. The Morgan fingerprint density at radius 3 is 2.62 bits per heavy atom. The standard InChI is InChI=1S/C13H14NO2/c1-10-12(15)7-8-14(13(10)16)9-11-5-3-2-4-6-11/h2-6,10H,1,7-9H2. The molecule has 0 aromatic heterocycles. The van der Waals surface area contributed by atoms with Gasteiger partial charge < -0.3 is 4.90 Å². The van der Waals surface area contributed by atoms with Gasteiger partial charge in [0, 0.05) is 19.5 Å². The van der Waals surface area contributed by atoms with Gasteiger partial charge in [0.1, 0.15) is 5.78 Å². The predicted octanol–water partition coefficient (Wildman–Crippen LogP) is 1.44. The largest absolute Gasteiger partial charge is 0.337 e. The van der Waals surface area contributed by atoms with Crippen LogP contribution in [0, 0.1) is 12.8 Å². The zero-order chi connectivity index (χ0) is 11.5. The molecule has 0 aliphatic carbocycles. The third-order valence-electron chi connectivity index (χ3n) is 2.84. The highest BCUT2D eigenvalue weighted by molar-refractivity contribution is 6.04. The van der Waals surface area contributed by atoms with Gasteiger partial charge in [0.25, 0.3) is 0 Å². The van der Waals surface area contributed by atoms with E-state index in [-0.39, 0.29) is 11.7 Å². The van der Waals surface area contributed by atoms with E-state index >= 15 is 0 Å². The fourth-order valence-corrected chi connectivity index (χ4v) is 1.85. The van der Waals surface area contributed by atoms with Crippen LogP contribution in [0.15, 0.2) is 30.3 Å². The zero-order valence-electron chi connectivity index (χ0n) is 9.06. The minimum Gasteiger partial charge on any atom is -0.337 e. The predicted molar refractivity (Wildman–Crippen MR) is 60.3 cm³/mol. The van der Waals surface area contributed by atoms with Crippen molar-refractivity contribution in [1.82, 2.24) is 4.90 Å². The molecule has 1 aromatic carbocycles. The summed E-state index contributed by atoms with van der Waals surface area (Å²) >= 11 is 0. The highest BCUT2D eigenvalue weighted by atomic mass is 16.2. The Kier molecular flexibility index (Phi) is 3.04. The van der Waals surface area contributed by atoms with E-state index < -0.39 is 5.92 Å². The number of hydrogen-bond acceptors (Lipinski definition) is 2. The Morgan fingerprint density at radius 1 is 1.25 bits per heavy atom. The van der Waals surface area contributed by atoms with Crippen LogP contribution >= 0.6 is 0 Å². The van der Waals surface area contributed by atoms with Crippen molar-refractivity contribution >= 4 is 11.7 Å². The van der Waals surface area contributed by atoms with E-state index in [2.05, 4.69) is 6.92 Å². The molecule has 0 N–H and O–H groups in total. The van der Waals surface area contributed by atoms with Crippen molar-refractivity contribution in [3.8, 4) is 0 Å². The fraction of sp³-hybridized carbons (Fsp3) is 0.308. The molecule has 1 radical (unpaired) electrons. The first-order valence-corrected chi connectivity index (χ1v) is 5.37. The lowest BCUT2D eigenvalue weighted by Crippen LogP contribution is -2.44. The van der Waals surface area contributed by atoms with Gasteiger partial charge >= 0.3 is 0 Å². The summed E-state index contributed by atoms with van der Waals surface area (Å²) in [7, 11) is 0. The number of Topliss-reactive ketones (excluding diaryl/α,β-unsaturated/α-hetero) is 1. The zero-order valence-corrected chi connectivity index (χ0v) is 9.06. The molecule has 3 heteroatoms. The number of amides is 1. The van der Waals surface area contributed by atoms with Gasteiger partial charge in [-0.1, -0.05) is 30.3 Å². The topological polar surface area (TPSA) is 37.4 Å². The van der Waals surface area contributed by atoms with Gasteiger partial charge in [-0.15, -0.1) is 0 Å². The minimum atomic E-state index is -0.711. The second-order valence-electron chi connectivity index (χ2n) is 4.01. The van der Waals surface area contributed by atoms with Gasteiger partial charge in [-0.25, -0.2) is 0 Å². The maximum Gasteiger partial charge on any atom is 0.233 e. The van der Waals surface area contributed by atoms with Crippen molar-refractivity contribution in [2.24, 2.45) is 5.92 Å². The van der Waals surface area contributed by atoms with E-state index in [1.165, 1.54) is 0 Å². The molecule has 1 atom stereocenters. The van der Waals surface area contributed by atoms with Crippen LogP contribution in [-0.4, -0.2) is 23.1 Å². The lowest BCUT2D eigenvalue weighted by atomic mass is 9.97. The Balaban J connectivity index is 2.06. The molecule has 1 aromatic rings. The second kappa shape index (κ2) is 4.47. The van der Waals surface area contributed by atoms with Gasteiger partial charge in [0.05, 0.1) is 5.92 Å². The van der Waals surface area contributed by atoms with Gasteiger partial charge in [-0.3, -0.25) is 9.59 Å². The first-order chi connectivity index (χ1) is 7.68. The first-order valence-electron chi connectivity index (χ1n) is 5.37. The smallest absolute Gasteiger partial charge is 0.233 e. The van der Waals surface area contributed by atoms with E-state index in [0.717, 1.165) is 5.56 Å². The molecule has 1 unspecified atom stereocenters. The first kappa shape index (κ1) is 10.9. The van der Waals surface area contributed by atoms with E-state index in [1.807, 2.05) is 30.3 Å². The summed E-state index contributed by atoms with van der Waals surface area (Å²) < 4.78 is 0. The number of rotatable bonds is 2. The van der Waals surface area contributed by atoms with E-state index in [9.17, 15) is 9.59 Å². The van der Waals surface area contributed by atoms with Crippen molar-refractivity contribution in [3.63, 3.8) is 0 Å². The number of benzene rings is 1. The fourth-order valence-electron chi connectivity index (χ4n) is 1.85. The lowest BCUT2D eigenvalue weighted by Gasteiger charge is -2.29. The maximum absolute atomic E-state index is 11.8. The molecule has 1 saturated heterocycles. The lowest BCUT2D eigenvalue weighted by molar-refractivity contribution is -0.144. The van der Waals surface area contributed by atoms with Crippen molar-refractivity contribution < 1.29 is 9.59 Å². The Labute approximate surface area is 95.1 Å². The monoisotopic (exact) mass is 216 g/mol. The molecule has 16 heavy (non-hydrogen) atoms. The van der Waals surface area contributed by atoms with Gasteiger partial charge in [0.2, 0.25) is 5.91 Å². The summed E-state index contributed by atoms with van der Waals surface area (Å²) in [6.07, 6.45) is 0.423. The molecular formula is C13H14NO2. The highest BCUT2D eigenvalue weighted by Gasteiger charge is 2.31. The number of piperidine rings is 1. The summed E-state index contributed by atoms with van der Waals surface area (Å²) in [5.41, 5.74) is 1.08. The average Bonchev–Trinajstić information content (AvgIpc) is 2.31. The number of nitrogens with zero attached hydrogens (tertiary/aromatic N) is 1. The molecule has 1 heterocycles. The molecule has 83 valence electrons.